The van der Waals surface area contributed by atoms with Gasteiger partial charge in [0.2, 0.25) is 11.8 Å². The van der Waals surface area contributed by atoms with Crippen molar-refractivity contribution in [3.05, 3.63) is 11.6 Å². The van der Waals surface area contributed by atoms with Crippen molar-refractivity contribution in [1.29, 1.82) is 0 Å². The quantitative estimate of drug-likeness (QED) is 0.862. The molecule has 1 heterocycles. The smallest absolute Gasteiger partial charge is 0.245 e. The molecule has 5 heteroatoms. The maximum absolute atomic E-state index is 12.3. The van der Waals surface area contributed by atoms with E-state index in [4.69, 9.17) is 11.6 Å². The summed E-state index contributed by atoms with van der Waals surface area (Å²) in [6.07, 6.45) is 7.31. The Morgan fingerprint density at radius 3 is 2.63 bits per heavy atom. The Kier molecular flexibility index (Phi) is 4.86. The molecule has 0 aromatic rings. The van der Waals surface area contributed by atoms with E-state index in [0.29, 0.717) is 6.54 Å². The van der Waals surface area contributed by atoms with E-state index in [9.17, 15) is 9.59 Å². The van der Waals surface area contributed by atoms with E-state index in [1.165, 1.54) is 12.0 Å². The zero-order valence-corrected chi connectivity index (χ0v) is 12.0. The molecular formula is C14H21ClN2O2. The van der Waals surface area contributed by atoms with Crippen LogP contribution >= 0.6 is 11.6 Å². The van der Waals surface area contributed by atoms with Crippen LogP contribution in [0.15, 0.2) is 11.6 Å². The topological polar surface area (TPSA) is 49.4 Å². The van der Waals surface area contributed by atoms with Crippen LogP contribution in [0.5, 0.6) is 0 Å². The predicted octanol–water partition coefficient (Wildman–Crippen LogP) is 2.03. The van der Waals surface area contributed by atoms with Crippen molar-refractivity contribution in [2.45, 2.75) is 51.1 Å². The van der Waals surface area contributed by atoms with E-state index in [0.717, 1.165) is 25.7 Å². The van der Waals surface area contributed by atoms with Gasteiger partial charge in [-0.05, 0) is 25.7 Å². The van der Waals surface area contributed by atoms with Crippen LogP contribution in [0.25, 0.3) is 0 Å². The van der Waals surface area contributed by atoms with Crippen molar-refractivity contribution in [2.24, 2.45) is 5.92 Å². The number of nitrogens with one attached hydrogen (secondary N) is 1. The highest BCUT2D eigenvalue weighted by atomic mass is 35.5. The van der Waals surface area contributed by atoms with Crippen LogP contribution in [0.4, 0.5) is 0 Å². The Bertz CT molecular complexity index is 378. The van der Waals surface area contributed by atoms with Gasteiger partial charge in [-0.15, -0.1) is 0 Å². The summed E-state index contributed by atoms with van der Waals surface area (Å²) in [4.78, 5) is 26.2. The van der Waals surface area contributed by atoms with E-state index in [2.05, 4.69) is 5.32 Å². The molecule has 0 aromatic heterocycles. The zero-order chi connectivity index (χ0) is 13.8. The van der Waals surface area contributed by atoms with Crippen LogP contribution < -0.4 is 5.32 Å². The third kappa shape index (κ3) is 3.11. The largest absolute Gasteiger partial charge is 0.343 e. The fourth-order valence-corrected chi connectivity index (χ4v) is 3.24. The van der Waals surface area contributed by atoms with Gasteiger partial charge in [0.25, 0.3) is 0 Å². The zero-order valence-electron chi connectivity index (χ0n) is 11.3. The molecule has 106 valence electrons. The molecule has 1 aliphatic heterocycles. The van der Waals surface area contributed by atoms with E-state index in [-0.39, 0.29) is 23.8 Å². The number of carbonyl (C=O) groups excluding carboxylic acids is 2. The fraction of sp³-hybridized carbons (Fsp3) is 0.714. The van der Waals surface area contributed by atoms with E-state index < -0.39 is 6.04 Å². The monoisotopic (exact) mass is 284 g/mol. The van der Waals surface area contributed by atoms with Gasteiger partial charge in [-0.3, -0.25) is 9.59 Å². The second-order valence-electron chi connectivity index (χ2n) is 5.43. The van der Waals surface area contributed by atoms with Crippen molar-refractivity contribution in [3.63, 3.8) is 0 Å². The molecule has 0 aromatic carbocycles. The number of rotatable bonds is 3. The molecule has 2 atom stereocenters. The second kappa shape index (κ2) is 6.42. The van der Waals surface area contributed by atoms with Crippen LogP contribution in [0.1, 0.15) is 39.0 Å². The summed E-state index contributed by atoms with van der Waals surface area (Å²) in [6, 6.07) is -0.757. The normalized spacial score (nSPS) is 29.9. The Hall–Kier alpha value is -1.03. The summed E-state index contributed by atoms with van der Waals surface area (Å²) in [5.74, 6) is 0.265. The Balaban J connectivity index is 2.18. The molecule has 0 spiro atoms. The number of piperazine rings is 1. The lowest BCUT2D eigenvalue weighted by molar-refractivity contribution is -0.150. The summed E-state index contributed by atoms with van der Waals surface area (Å²) >= 11 is 5.56. The summed E-state index contributed by atoms with van der Waals surface area (Å²) in [6.45, 7) is 2.15. The molecule has 1 saturated heterocycles. The van der Waals surface area contributed by atoms with Gasteiger partial charge in [0, 0.05) is 12.1 Å². The summed E-state index contributed by atoms with van der Waals surface area (Å²) < 4.78 is 0. The lowest BCUT2D eigenvalue weighted by atomic mass is 9.81. The fourth-order valence-electron chi connectivity index (χ4n) is 3.16. The molecule has 2 fully saturated rings. The van der Waals surface area contributed by atoms with Crippen LogP contribution in [0.3, 0.4) is 0 Å². The van der Waals surface area contributed by atoms with Gasteiger partial charge < -0.3 is 10.2 Å². The second-order valence-corrected chi connectivity index (χ2v) is 5.68. The predicted molar refractivity (Wildman–Crippen MR) is 74.7 cm³/mol. The van der Waals surface area contributed by atoms with Crippen LogP contribution in [-0.2, 0) is 9.59 Å². The first-order chi connectivity index (χ1) is 9.15. The minimum atomic E-state index is -0.434. The molecule has 2 rings (SSSR count). The third-order valence-corrected chi connectivity index (χ3v) is 4.28. The molecule has 2 aliphatic rings. The van der Waals surface area contributed by atoms with E-state index in [1.54, 1.807) is 17.9 Å². The molecule has 0 radical (unpaired) electrons. The van der Waals surface area contributed by atoms with Crippen LogP contribution in [0.2, 0.25) is 0 Å². The molecule has 1 saturated carbocycles. The van der Waals surface area contributed by atoms with Crippen molar-refractivity contribution in [1.82, 2.24) is 10.2 Å². The highest BCUT2D eigenvalue weighted by Gasteiger charge is 2.42. The van der Waals surface area contributed by atoms with Gasteiger partial charge in [0.05, 0.1) is 0 Å². The highest BCUT2D eigenvalue weighted by molar-refractivity contribution is 6.25. The van der Waals surface area contributed by atoms with Gasteiger partial charge in [-0.1, -0.05) is 36.9 Å². The molecular weight excluding hydrogens is 264 g/mol. The third-order valence-electron chi connectivity index (χ3n) is 4.10. The Labute approximate surface area is 119 Å². The SMILES string of the molecule is CC1NC(=O)C(C2CCCCC2)N(C/C=C/Cl)C1=O. The molecule has 1 N–H and O–H groups in total. The summed E-state index contributed by atoms with van der Waals surface area (Å²) in [5, 5.41) is 2.80. The highest BCUT2D eigenvalue weighted by Crippen LogP contribution is 2.31. The van der Waals surface area contributed by atoms with Crippen LogP contribution in [0, 0.1) is 5.92 Å². The summed E-state index contributed by atoms with van der Waals surface area (Å²) in [7, 11) is 0. The first-order valence-corrected chi connectivity index (χ1v) is 7.45. The molecule has 2 unspecified atom stereocenters. The minimum absolute atomic E-state index is 0.00931. The number of halogens is 1. The van der Waals surface area contributed by atoms with E-state index >= 15 is 0 Å². The summed E-state index contributed by atoms with van der Waals surface area (Å²) in [5.41, 5.74) is 1.41. The average molecular weight is 285 g/mol. The number of carbonyl (C=O) groups is 2. The van der Waals surface area contributed by atoms with Gasteiger partial charge in [-0.25, -0.2) is 0 Å². The maximum atomic E-state index is 12.3. The first kappa shape index (κ1) is 14.4. The van der Waals surface area contributed by atoms with Gasteiger partial charge in [0.1, 0.15) is 12.1 Å². The van der Waals surface area contributed by atoms with Crippen molar-refractivity contribution in [2.75, 3.05) is 6.54 Å². The van der Waals surface area contributed by atoms with Crippen molar-refractivity contribution >= 4 is 23.4 Å². The Morgan fingerprint density at radius 1 is 1.32 bits per heavy atom. The van der Waals surface area contributed by atoms with Crippen molar-refractivity contribution < 1.29 is 9.59 Å². The number of hydrogen-bond donors (Lipinski definition) is 1. The number of amides is 2. The van der Waals surface area contributed by atoms with Gasteiger partial charge in [-0.2, -0.15) is 0 Å². The average Bonchev–Trinajstić information content (AvgIpc) is 2.42. The lowest BCUT2D eigenvalue weighted by Gasteiger charge is -2.42. The maximum Gasteiger partial charge on any atom is 0.245 e. The standard InChI is InChI=1S/C14H21ClN2O2/c1-10-14(19)17(9-5-8-15)12(13(18)16-10)11-6-3-2-4-7-11/h5,8,10-12H,2-4,6-7,9H2,1H3,(H,16,18)/b8-5+. The molecule has 19 heavy (non-hydrogen) atoms. The Morgan fingerprint density at radius 2 is 2.00 bits per heavy atom. The van der Waals surface area contributed by atoms with Crippen LogP contribution in [-0.4, -0.2) is 35.3 Å². The number of nitrogens with zero attached hydrogens (tertiary/aromatic N) is 1. The number of hydrogen-bond acceptors (Lipinski definition) is 2. The minimum Gasteiger partial charge on any atom is -0.343 e. The van der Waals surface area contributed by atoms with Crippen molar-refractivity contribution in [3.8, 4) is 0 Å². The van der Waals surface area contributed by atoms with E-state index in [1.807, 2.05) is 0 Å². The molecule has 2 amide bonds. The molecule has 0 bridgehead atoms. The van der Waals surface area contributed by atoms with Gasteiger partial charge >= 0.3 is 0 Å². The lowest BCUT2D eigenvalue weighted by Crippen LogP contribution is -2.64. The molecule has 1 aliphatic carbocycles. The van der Waals surface area contributed by atoms with Gasteiger partial charge in [0.15, 0.2) is 0 Å². The molecule has 4 nitrogen and oxygen atoms in total. The first-order valence-electron chi connectivity index (χ1n) is 7.01.